The number of nitrogens with zero attached hydrogens (tertiary/aromatic N) is 4. The summed E-state index contributed by atoms with van der Waals surface area (Å²) in [5.41, 5.74) is 2.04. The Balaban J connectivity index is 1.79. The molecule has 1 atom stereocenters. The number of aromatic nitrogens is 3. The van der Waals surface area contributed by atoms with Crippen molar-refractivity contribution in [1.29, 1.82) is 0 Å². The van der Waals surface area contributed by atoms with Gasteiger partial charge in [-0.05, 0) is 19.0 Å². The van der Waals surface area contributed by atoms with Crippen LogP contribution in [0.3, 0.4) is 0 Å². The van der Waals surface area contributed by atoms with E-state index in [1.165, 1.54) is 0 Å². The highest BCUT2D eigenvalue weighted by molar-refractivity contribution is 5.60. The third kappa shape index (κ3) is 2.56. The number of anilines is 1. The summed E-state index contributed by atoms with van der Waals surface area (Å²) in [6.45, 7) is 2.08. The van der Waals surface area contributed by atoms with Crippen molar-refractivity contribution in [2.45, 2.75) is 12.5 Å². The van der Waals surface area contributed by atoms with E-state index in [0.717, 1.165) is 36.6 Å². The summed E-state index contributed by atoms with van der Waals surface area (Å²) in [7, 11) is 2.05. The van der Waals surface area contributed by atoms with E-state index in [1.807, 2.05) is 30.7 Å². The Kier molecular flexibility index (Phi) is 3.37. The van der Waals surface area contributed by atoms with Gasteiger partial charge in [0.2, 0.25) is 5.95 Å². The van der Waals surface area contributed by atoms with Crippen molar-refractivity contribution in [3.05, 3.63) is 36.9 Å². The lowest BCUT2D eigenvalue weighted by molar-refractivity contribution is 0.668. The Morgan fingerprint density at radius 3 is 2.68 bits per heavy atom. The Morgan fingerprint density at radius 1 is 1.21 bits per heavy atom. The summed E-state index contributed by atoms with van der Waals surface area (Å²) >= 11 is 0. The molecule has 5 nitrogen and oxygen atoms in total. The molecule has 1 aliphatic rings. The molecule has 2 aromatic rings. The smallest absolute Gasteiger partial charge is 0.225 e. The van der Waals surface area contributed by atoms with E-state index in [0.29, 0.717) is 6.04 Å². The van der Waals surface area contributed by atoms with Crippen molar-refractivity contribution >= 4 is 5.95 Å². The molecule has 0 saturated carbocycles. The Labute approximate surface area is 112 Å². The molecule has 19 heavy (non-hydrogen) atoms. The van der Waals surface area contributed by atoms with Gasteiger partial charge in [-0.25, -0.2) is 9.97 Å². The van der Waals surface area contributed by atoms with Gasteiger partial charge in [0.1, 0.15) is 0 Å². The van der Waals surface area contributed by atoms with Crippen molar-refractivity contribution in [2.75, 3.05) is 25.0 Å². The molecular weight excluding hydrogens is 238 g/mol. The van der Waals surface area contributed by atoms with E-state index in [2.05, 4.69) is 32.2 Å². The normalized spacial score (nSPS) is 18.5. The van der Waals surface area contributed by atoms with Crippen molar-refractivity contribution in [3.63, 3.8) is 0 Å². The maximum Gasteiger partial charge on any atom is 0.225 e. The molecule has 2 aromatic heterocycles. The number of pyridine rings is 1. The number of hydrogen-bond donors (Lipinski definition) is 1. The molecule has 5 heteroatoms. The quantitative estimate of drug-likeness (QED) is 0.897. The lowest BCUT2D eigenvalue weighted by Gasteiger charge is -2.23. The summed E-state index contributed by atoms with van der Waals surface area (Å²) in [4.78, 5) is 15.2. The molecule has 3 rings (SSSR count). The Morgan fingerprint density at radius 2 is 2.05 bits per heavy atom. The minimum Gasteiger partial charge on any atom is -0.340 e. The van der Waals surface area contributed by atoms with E-state index in [9.17, 15) is 0 Å². The van der Waals surface area contributed by atoms with Crippen LogP contribution in [0.15, 0.2) is 36.9 Å². The topological polar surface area (TPSA) is 53.9 Å². The lowest BCUT2D eigenvalue weighted by atomic mass is 10.1. The lowest BCUT2D eigenvalue weighted by Crippen LogP contribution is -2.34. The molecule has 0 aliphatic carbocycles. The minimum atomic E-state index is 0.490. The van der Waals surface area contributed by atoms with Crippen molar-refractivity contribution in [3.8, 4) is 11.1 Å². The largest absolute Gasteiger partial charge is 0.340 e. The van der Waals surface area contributed by atoms with Gasteiger partial charge in [0.15, 0.2) is 0 Å². The van der Waals surface area contributed by atoms with Crippen LogP contribution >= 0.6 is 0 Å². The summed E-state index contributed by atoms with van der Waals surface area (Å²) in [5, 5.41) is 3.35. The number of hydrogen-bond acceptors (Lipinski definition) is 5. The molecule has 3 heterocycles. The van der Waals surface area contributed by atoms with Gasteiger partial charge in [-0.2, -0.15) is 0 Å². The second-order valence-electron chi connectivity index (χ2n) is 4.77. The molecule has 1 aliphatic heterocycles. The van der Waals surface area contributed by atoms with Crippen molar-refractivity contribution in [2.24, 2.45) is 0 Å². The Bertz CT molecular complexity index is 519. The first-order chi connectivity index (χ1) is 9.34. The summed E-state index contributed by atoms with van der Waals surface area (Å²) in [6.07, 6.45) is 8.45. The van der Waals surface area contributed by atoms with Gasteiger partial charge in [-0.15, -0.1) is 0 Å². The summed E-state index contributed by atoms with van der Waals surface area (Å²) in [6, 6.07) is 4.42. The van der Waals surface area contributed by atoms with Crippen LogP contribution in [0, 0.1) is 0 Å². The van der Waals surface area contributed by atoms with Crippen molar-refractivity contribution in [1.82, 2.24) is 20.3 Å². The van der Waals surface area contributed by atoms with E-state index in [1.54, 1.807) is 6.20 Å². The fourth-order valence-corrected chi connectivity index (χ4v) is 2.32. The maximum absolute atomic E-state index is 4.46. The SMILES string of the molecule is CN(c1ncc(-c2cccnc2)cn1)C1CCNC1. The predicted molar refractivity (Wildman–Crippen MR) is 74.9 cm³/mol. The summed E-state index contributed by atoms with van der Waals surface area (Å²) < 4.78 is 0. The van der Waals surface area contributed by atoms with Gasteiger partial charge in [0.25, 0.3) is 0 Å². The van der Waals surface area contributed by atoms with Gasteiger partial charge in [0.05, 0.1) is 0 Å². The molecule has 0 amide bonds. The van der Waals surface area contributed by atoms with Crippen molar-refractivity contribution < 1.29 is 0 Å². The van der Waals surface area contributed by atoms with E-state index in [4.69, 9.17) is 0 Å². The average molecular weight is 255 g/mol. The van der Waals surface area contributed by atoms with E-state index >= 15 is 0 Å². The van der Waals surface area contributed by atoms with Crippen LogP contribution in [-0.2, 0) is 0 Å². The average Bonchev–Trinajstić information content (AvgIpc) is 3.02. The van der Waals surface area contributed by atoms with Crippen LogP contribution in [0.4, 0.5) is 5.95 Å². The van der Waals surface area contributed by atoms with E-state index in [-0.39, 0.29) is 0 Å². The predicted octanol–water partition coefficient (Wildman–Crippen LogP) is 1.34. The monoisotopic (exact) mass is 255 g/mol. The molecule has 1 N–H and O–H groups in total. The third-order valence-corrected chi connectivity index (χ3v) is 3.53. The summed E-state index contributed by atoms with van der Waals surface area (Å²) in [5.74, 6) is 0.779. The molecule has 0 aromatic carbocycles. The van der Waals surface area contributed by atoms with Gasteiger partial charge in [-0.3, -0.25) is 4.98 Å². The number of rotatable bonds is 3. The molecule has 98 valence electrons. The number of likely N-dealkylation sites (N-methyl/N-ethyl adjacent to an activating group) is 1. The maximum atomic E-state index is 4.46. The molecule has 1 unspecified atom stereocenters. The second kappa shape index (κ2) is 5.32. The minimum absolute atomic E-state index is 0.490. The van der Waals surface area contributed by atoms with E-state index < -0.39 is 0 Å². The molecular formula is C14H17N5. The van der Waals surface area contributed by atoms with Crippen LogP contribution in [-0.4, -0.2) is 41.1 Å². The van der Waals surface area contributed by atoms with Gasteiger partial charge < -0.3 is 10.2 Å². The van der Waals surface area contributed by atoms with Crippen LogP contribution in [0.5, 0.6) is 0 Å². The third-order valence-electron chi connectivity index (χ3n) is 3.53. The van der Waals surface area contributed by atoms with Crippen LogP contribution in [0.2, 0.25) is 0 Å². The zero-order valence-electron chi connectivity index (χ0n) is 11.0. The first kappa shape index (κ1) is 12.0. The second-order valence-corrected chi connectivity index (χ2v) is 4.77. The van der Waals surface area contributed by atoms with Gasteiger partial charge in [-0.1, -0.05) is 6.07 Å². The molecule has 1 fully saturated rings. The fraction of sp³-hybridized carbons (Fsp3) is 0.357. The highest BCUT2D eigenvalue weighted by Crippen LogP contribution is 2.18. The zero-order chi connectivity index (χ0) is 13.1. The van der Waals surface area contributed by atoms with Crippen LogP contribution < -0.4 is 10.2 Å². The first-order valence-corrected chi connectivity index (χ1v) is 6.50. The molecule has 0 spiro atoms. The highest BCUT2D eigenvalue weighted by atomic mass is 15.3. The molecule has 0 bridgehead atoms. The Hall–Kier alpha value is -2.01. The fourth-order valence-electron chi connectivity index (χ4n) is 2.32. The molecule has 1 saturated heterocycles. The highest BCUT2D eigenvalue weighted by Gasteiger charge is 2.20. The van der Waals surface area contributed by atoms with Gasteiger partial charge in [0, 0.05) is 55.5 Å². The van der Waals surface area contributed by atoms with Crippen LogP contribution in [0.1, 0.15) is 6.42 Å². The van der Waals surface area contributed by atoms with Crippen LogP contribution in [0.25, 0.3) is 11.1 Å². The zero-order valence-corrected chi connectivity index (χ0v) is 11.0. The number of nitrogens with one attached hydrogen (secondary N) is 1. The molecule has 0 radical (unpaired) electrons. The van der Waals surface area contributed by atoms with Gasteiger partial charge >= 0.3 is 0 Å². The first-order valence-electron chi connectivity index (χ1n) is 6.50. The standard InChI is InChI=1S/C14H17N5/c1-19(13-4-6-16-10-13)14-17-8-12(9-18-14)11-3-2-5-15-7-11/h2-3,5,7-9,13,16H,4,6,10H2,1H3.